The summed E-state index contributed by atoms with van der Waals surface area (Å²) in [5.74, 6) is -2.16. The quantitative estimate of drug-likeness (QED) is 0.314. The van der Waals surface area contributed by atoms with Crippen LogP contribution >= 0.6 is 11.6 Å². The molecule has 2 amide bonds. The minimum Gasteiger partial charge on any atom is -0.507 e. The number of carbonyl (C=O) groups is 2. The maximum atomic E-state index is 13.0. The smallest absolute Gasteiger partial charge is 0.259 e. The fourth-order valence-corrected chi connectivity index (χ4v) is 5.25. The maximum Gasteiger partial charge on any atom is 0.259 e. The zero-order chi connectivity index (χ0) is 26.6. The third-order valence-corrected chi connectivity index (χ3v) is 8.06. The Morgan fingerprint density at radius 1 is 1.00 bits per heavy atom. The summed E-state index contributed by atoms with van der Waals surface area (Å²) < 4.78 is 26.0. The van der Waals surface area contributed by atoms with Gasteiger partial charge in [-0.3, -0.25) is 14.6 Å². The summed E-state index contributed by atoms with van der Waals surface area (Å²) in [4.78, 5) is 29.4. The van der Waals surface area contributed by atoms with Gasteiger partial charge in [-0.1, -0.05) is 31.5 Å². The van der Waals surface area contributed by atoms with Gasteiger partial charge < -0.3 is 20.8 Å². The zero-order valence-corrected chi connectivity index (χ0v) is 21.4. The molecule has 0 bridgehead atoms. The number of phenolic OH excluding ortho intramolecular Hbond substituents is 2. The van der Waals surface area contributed by atoms with Gasteiger partial charge in [-0.2, -0.15) is 0 Å². The molecule has 0 spiro atoms. The van der Waals surface area contributed by atoms with Crippen molar-refractivity contribution in [3.63, 3.8) is 0 Å². The molecule has 0 saturated carbocycles. The van der Waals surface area contributed by atoms with E-state index in [0.717, 1.165) is 11.6 Å². The zero-order valence-electron chi connectivity index (χ0n) is 19.9. The van der Waals surface area contributed by atoms with Crippen LogP contribution in [-0.2, 0) is 21.1 Å². The van der Waals surface area contributed by atoms with Crippen LogP contribution in [0.25, 0.3) is 0 Å². The number of carbonyl (C=O) groups excluding carboxylic acids is 2. The molecule has 1 heterocycles. The summed E-state index contributed by atoms with van der Waals surface area (Å²) in [5.41, 5.74) is 1.39. The minimum atomic E-state index is -4.04. The van der Waals surface area contributed by atoms with Gasteiger partial charge in [0, 0.05) is 18.0 Å². The van der Waals surface area contributed by atoms with Crippen LogP contribution in [-0.4, -0.2) is 40.7 Å². The number of pyridine rings is 1. The van der Waals surface area contributed by atoms with Gasteiger partial charge >= 0.3 is 0 Å². The van der Waals surface area contributed by atoms with E-state index in [2.05, 4.69) is 15.6 Å². The van der Waals surface area contributed by atoms with E-state index in [1.54, 1.807) is 19.9 Å². The fraction of sp³-hybridized carbons (Fsp3) is 0.240. The van der Waals surface area contributed by atoms with E-state index in [-0.39, 0.29) is 39.0 Å². The lowest BCUT2D eigenvalue weighted by atomic mass is 10.1. The van der Waals surface area contributed by atoms with Crippen LogP contribution in [0.15, 0.2) is 53.6 Å². The molecule has 0 aliphatic carbocycles. The van der Waals surface area contributed by atoms with E-state index in [9.17, 15) is 28.2 Å². The number of aromatic hydroxyl groups is 2. The highest BCUT2D eigenvalue weighted by Crippen LogP contribution is 2.35. The highest BCUT2D eigenvalue weighted by Gasteiger charge is 2.33. The van der Waals surface area contributed by atoms with Gasteiger partial charge in [-0.15, -0.1) is 0 Å². The third kappa shape index (κ3) is 5.77. The van der Waals surface area contributed by atoms with Gasteiger partial charge in [0.2, 0.25) is 5.91 Å². The molecule has 0 aliphatic rings. The minimum absolute atomic E-state index is 0.0138. The number of benzene rings is 2. The first kappa shape index (κ1) is 27.0. The topological polar surface area (TPSA) is 146 Å². The lowest BCUT2D eigenvalue weighted by Gasteiger charge is -2.17. The van der Waals surface area contributed by atoms with Crippen LogP contribution < -0.4 is 10.6 Å². The molecule has 36 heavy (non-hydrogen) atoms. The Morgan fingerprint density at radius 3 is 2.33 bits per heavy atom. The number of nitrogens with zero attached hydrogens (tertiary/aromatic N) is 1. The van der Waals surface area contributed by atoms with E-state index in [4.69, 9.17) is 11.6 Å². The second-order valence-electron chi connectivity index (χ2n) is 8.07. The van der Waals surface area contributed by atoms with Crippen molar-refractivity contribution in [3.8, 4) is 11.5 Å². The van der Waals surface area contributed by atoms with Crippen molar-refractivity contribution in [3.05, 3.63) is 70.5 Å². The average molecular weight is 532 g/mol. The standard InChI is InChI=1S/C25H26ClN3O6S/c1-4-15-7-9-21(30)17(10-15)24(32)29-20-11-18(26)19(12-22(20)31)28-25(33)23(5-2)36(34,35)16-8-6-14(3)27-13-16/h6-13,23,30-31H,4-5H2,1-3H3,(H,28,33)(H,29,32). The number of hydrogen-bond donors (Lipinski definition) is 4. The predicted octanol–water partition coefficient (Wildman–Crippen LogP) is 4.46. The van der Waals surface area contributed by atoms with Crippen molar-refractivity contribution in [2.24, 2.45) is 0 Å². The lowest BCUT2D eigenvalue weighted by molar-refractivity contribution is -0.115. The molecule has 3 rings (SSSR count). The van der Waals surface area contributed by atoms with Crippen LogP contribution in [0.3, 0.4) is 0 Å². The Balaban J connectivity index is 1.82. The summed E-state index contributed by atoms with van der Waals surface area (Å²) in [7, 11) is -4.04. The number of anilines is 2. The Morgan fingerprint density at radius 2 is 1.72 bits per heavy atom. The summed E-state index contributed by atoms with van der Waals surface area (Å²) in [6.07, 6.45) is 1.84. The summed E-state index contributed by atoms with van der Waals surface area (Å²) >= 11 is 6.26. The molecule has 1 atom stereocenters. The summed E-state index contributed by atoms with van der Waals surface area (Å²) in [5, 5.41) is 23.9. The van der Waals surface area contributed by atoms with Crippen molar-refractivity contribution < 1.29 is 28.2 Å². The molecule has 3 aromatic rings. The second kappa shape index (κ2) is 11.0. The highest BCUT2D eigenvalue weighted by molar-refractivity contribution is 7.92. The van der Waals surface area contributed by atoms with Crippen LogP contribution in [0.4, 0.5) is 11.4 Å². The number of rotatable bonds is 8. The average Bonchev–Trinajstić information content (AvgIpc) is 2.83. The molecule has 9 nitrogen and oxygen atoms in total. The van der Waals surface area contributed by atoms with E-state index in [1.165, 1.54) is 36.5 Å². The van der Waals surface area contributed by atoms with Crippen LogP contribution in [0, 0.1) is 6.92 Å². The number of halogens is 1. The van der Waals surface area contributed by atoms with Gasteiger partial charge in [0.25, 0.3) is 5.91 Å². The van der Waals surface area contributed by atoms with Crippen LogP contribution in [0.1, 0.15) is 41.9 Å². The van der Waals surface area contributed by atoms with Gasteiger partial charge in [0.05, 0.1) is 26.9 Å². The third-order valence-electron chi connectivity index (χ3n) is 5.56. The van der Waals surface area contributed by atoms with Gasteiger partial charge in [-0.25, -0.2) is 8.42 Å². The number of amides is 2. The molecule has 1 aromatic heterocycles. The van der Waals surface area contributed by atoms with Crippen LogP contribution in [0.2, 0.25) is 5.02 Å². The van der Waals surface area contributed by atoms with Crippen LogP contribution in [0.5, 0.6) is 11.5 Å². The molecule has 1 unspecified atom stereocenters. The number of nitrogens with one attached hydrogen (secondary N) is 2. The normalized spacial score (nSPS) is 12.1. The fourth-order valence-electron chi connectivity index (χ4n) is 3.48. The molecular formula is C25H26ClN3O6S. The first-order chi connectivity index (χ1) is 17.0. The number of aromatic nitrogens is 1. The van der Waals surface area contributed by atoms with E-state index in [1.807, 2.05) is 6.92 Å². The first-order valence-electron chi connectivity index (χ1n) is 11.1. The van der Waals surface area contributed by atoms with Gasteiger partial charge in [-0.05, 0) is 55.7 Å². The molecule has 11 heteroatoms. The number of sulfone groups is 1. The number of aryl methyl sites for hydroxylation is 2. The molecule has 0 saturated heterocycles. The highest BCUT2D eigenvalue weighted by atomic mass is 35.5. The Labute approximate surface area is 214 Å². The SMILES string of the molecule is CCc1ccc(O)c(C(=O)Nc2cc(Cl)c(NC(=O)C(CC)S(=O)(=O)c3ccc(C)nc3)cc2O)c1. The summed E-state index contributed by atoms with van der Waals surface area (Å²) in [6.45, 7) is 5.18. The molecule has 4 N–H and O–H groups in total. The lowest BCUT2D eigenvalue weighted by Crippen LogP contribution is -2.35. The second-order valence-corrected chi connectivity index (χ2v) is 10.6. The molecule has 0 fully saturated rings. The molecule has 0 aliphatic heterocycles. The molecular weight excluding hydrogens is 506 g/mol. The largest absolute Gasteiger partial charge is 0.507 e. The van der Waals surface area contributed by atoms with E-state index < -0.39 is 32.7 Å². The van der Waals surface area contributed by atoms with Crippen molar-refractivity contribution in [1.29, 1.82) is 0 Å². The Hall–Kier alpha value is -3.63. The molecule has 2 aromatic carbocycles. The maximum absolute atomic E-state index is 13.0. The Bertz CT molecular complexity index is 1410. The Kier molecular flexibility index (Phi) is 8.21. The van der Waals surface area contributed by atoms with E-state index in [0.29, 0.717) is 12.1 Å². The van der Waals surface area contributed by atoms with Crippen molar-refractivity contribution in [1.82, 2.24) is 4.98 Å². The number of phenols is 2. The van der Waals surface area contributed by atoms with Crippen molar-refractivity contribution in [2.45, 2.75) is 43.8 Å². The monoisotopic (exact) mass is 531 g/mol. The van der Waals surface area contributed by atoms with E-state index >= 15 is 0 Å². The molecule has 0 radical (unpaired) electrons. The van der Waals surface area contributed by atoms with Crippen molar-refractivity contribution in [2.75, 3.05) is 10.6 Å². The predicted molar refractivity (Wildman–Crippen MR) is 137 cm³/mol. The van der Waals surface area contributed by atoms with Crippen molar-refractivity contribution >= 4 is 44.6 Å². The van der Waals surface area contributed by atoms with Gasteiger partial charge in [0.1, 0.15) is 16.7 Å². The first-order valence-corrected chi connectivity index (χ1v) is 13.0. The molecule has 190 valence electrons. The van der Waals surface area contributed by atoms with Gasteiger partial charge in [0.15, 0.2) is 9.84 Å². The number of hydrogen-bond acceptors (Lipinski definition) is 7. The summed E-state index contributed by atoms with van der Waals surface area (Å²) in [6, 6.07) is 9.87.